The van der Waals surface area contributed by atoms with Crippen LogP contribution in [0.5, 0.6) is 0 Å². The van der Waals surface area contributed by atoms with E-state index < -0.39 is 48.6 Å². The predicted octanol–water partition coefficient (Wildman–Crippen LogP) is 1.91. The van der Waals surface area contributed by atoms with E-state index >= 15 is 0 Å². The highest BCUT2D eigenvalue weighted by atomic mass is 19.1. The Bertz CT molecular complexity index is 1050. The van der Waals surface area contributed by atoms with Gasteiger partial charge in [0.2, 0.25) is 17.8 Å². The van der Waals surface area contributed by atoms with E-state index in [-0.39, 0.29) is 18.9 Å². The van der Waals surface area contributed by atoms with E-state index in [0.29, 0.717) is 16.8 Å². The largest absolute Gasteiger partial charge is 0.352 e. The normalized spacial score (nSPS) is 20.8. The van der Waals surface area contributed by atoms with Crippen LogP contribution in [0.3, 0.4) is 0 Å². The molecule has 4 amide bonds. The molecular weight excluding hydrogens is 432 g/mol. The lowest BCUT2D eigenvalue weighted by atomic mass is 10.0. The van der Waals surface area contributed by atoms with Gasteiger partial charge in [-0.15, -0.1) is 0 Å². The van der Waals surface area contributed by atoms with Gasteiger partial charge in [0, 0.05) is 12.0 Å². The van der Waals surface area contributed by atoms with Gasteiger partial charge < -0.3 is 21.3 Å². The van der Waals surface area contributed by atoms with Crippen molar-refractivity contribution < 1.29 is 23.2 Å². The standard InChI is InChI=1S/C23H25F2N5O3/c24-15-10-18(30(12-15)19(31)11-27-23(26)33)22(32)29-20(14-4-2-1-3-5-14)17-9-8-16(13-6-7-13)21(25)28-17/h1-5,8-9,13,15,18,20H,6-7,10-12H2,(H,29,32)(H3,26,27,33). The molecule has 3 unspecified atom stereocenters. The summed E-state index contributed by atoms with van der Waals surface area (Å²) in [5.41, 5.74) is 6.52. The molecule has 33 heavy (non-hydrogen) atoms. The van der Waals surface area contributed by atoms with Crippen LogP contribution in [0.25, 0.3) is 0 Å². The maximum Gasteiger partial charge on any atom is 0.312 e. The number of nitrogens with zero attached hydrogens (tertiary/aromatic N) is 2. The number of primary amides is 1. The van der Waals surface area contributed by atoms with Crippen LogP contribution in [0.2, 0.25) is 0 Å². The zero-order chi connectivity index (χ0) is 23.5. The lowest BCUT2D eigenvalue weighted by Gasteiger charge is -2.26. The third-order valence-corrected chi connectivity index (χ3v) is 5.92. The SMILES string of the molecule is NC(=O)NCC(=O)N1CC(F)CC1C(=O)NC(c1ccccc1)c1ccc(C2CC2)c(F)n1. The Morgan fingerprint density at radius 1 is 1.15 bits per heavy atom. The van der Waals surface area contributed by atoms with E-state index in [1.54, 1.807) is 36.4 Å². The molecule has 2 aromatic rings. The highest BCUT2D eigenvalue weighted by molar-refractivity contribution is 5.90. The molecule has 1 aromatic carbocycles. The first-order valence-corrected chi connectivity index (χ1v) is 10.8. The van der Waals surface area contributed by atoms with Crippen LogP contribution in [-0.2, 0) is 9.59 Å². The first-order valence-electron chi connectivity index (χ1n) is 10.8. The minimum Gasteiger partial charge on any atom is -0.352 e. The summed E-state index contributed by atoms with van der Waals surface area (Å²) < 4.78 is 28.8. The third kappa shape index (κ3) is 5.27. The second-order valence-corrected chi connectivity index (χ2v) is 8.36. The molecule has 174 valence electrons. The predicted molar refractivity (Wildman–Crippen MR) is 115 cm³/mol. The van der Waals surface area contributed by atoms with Crippen LogP contribution in [0.4, 0.5) is 13.6 Å². The monoisotopic (exact) mass is 457 g/mol. The number of alkyl halides is 1. The summed E-state index contributed by atoms with van der Waals surface area (Å²) in [5.74, 6) is -1.60. The molecule has 1 aromatic heterocycles. The Kier molecular flexibility index (Phi) is 6.52. The average molecular weight is 457 g/mol. The van der Waals surface area contributed by atoms with Gasteiger partial charge in [0.05, 0.1) is 24.8 Å². The van der Waals surface area contributed by atoms with Gasteiger partial charge in [0.15, 0.2) is 0 Å². The highest BCUT2D eigenvalue weighted by Crippen LogP contribution is 2.41. The topological polar surface area (TPSA) is 117 Å². The zero-order valence-electron chi connectivity index (χ0n) is 17.8. The number of halogens is 2. The van der Waals surface area contributed by atoms with Crippen molar-refractivity contribution in [1.82, 2.24) is 20.5 Å². The number of pyridine rings is 1. The molecule has 0 radical (unpaired) electrons. The van der Waals surface area contributed by atoms with Crippen molar-refractivity contribution >= 4 is 17.8 Å². The molecule has 10 heteroatoms. The summed E-state index contributed by atoms with van der Waals surface area (Å²) in [6, 6.07) is 9.51. The Hall–Kier alpha value is -3.56. The number of nitrogens with two attached hydrogens (primary N) is 1. The van der Waals surface area contributed by atoms with Gasteiger partial charge in [-0.3, -0.25) is 9.59 Å². The maximum atomic E-state index is 14.7. The molecule has 1 saturated heterocycles. The van der Waals surface area contributed by atoms with Crippen LogP contribution in [0.1, 0.15) is 48.0 Å². The lowest BCUT2D eigenvalue weighted by molar-refractivity contribution is -0.137. The molecule has 3 atom stereocenters. The zero-order valence-corrected chi connectivity index (χ0v) is 17.8. The number of urea groups is 1. The molecule has 1 saturated carbocycles. The molecule has 4 rings (SSSR count). The Morgan fingerprint density at radius 2 is 1.88 bits per heavy atom. The molecule has 0 spiro atoms. The second kappa shape index (κ2) is 9.51. The first kappa shape index (κ1) is 22.6. The summed E-state index contributed by atoms with van der Waals surface area (Å²) in [7, 11) is 0. The van der Waals surface area contributed by atoms with Gasteiger partial charge in [-0.2, -0.15) is 4.39 Å². The minimum absolute atomic E-state index is 0.182. The van der Waals surface area contributed by atoms with Gasteiger partial charge >= 0.3 is 6.03 Å². The molecule has 1 aliphatic heterocycles. The summed E-state index contributed by atoms with van der Waals surface area (Å²) in [6.45, 7) is -0.709. The molecule has 4 N–H and O–H groups in total. The fourth-order valence-corrected chi connectivity index (χ4v) is 4.10. The Morgan fingerprint density at radius 3 is 2.52 bits per heavy atom. The first-order chi connectivity index (χ1) is 15.8. The summed E-state index contributed by atoms with van der Waals surface area (Å²) >= 11 is 0. The van der Waals surface area contributed by atoms with E-state index in [9.17, 15) is 23.2 Å². The van der Waals surface area contributed by atoms with Crippen molar-refractivity contribution in [3.05, 3.63) is 65.2 Å². The molecule has 8 nitrogen and oxygen atoms in total. The number of aromatic nitrogens is 1. The van der Waals surface area contributed by atoms with E-state index in [1.165, 1.54) is 0 Å². The maximum absolute atomic E-state index is 14.7. The van der Waals surface area contributed by atoms with E-state index in [1.807, 2.05) is 6.07 Å². The summed E-state index contributed by atoms with van der Waals surface area (Å²) in [4.78, 5) is 41.7. The Labute approximate surface area is 189 Å². The molecule has 1 aliphatic carbocycles. The van der Waals surface area contributed by atoms with Gasteiger partial charge in [-0.05, 0) is 30.4 Å². The Balaban J connectivity index is 1.57. The van der Waals surface area contributed by atoms with E-state index in [0.717, 1.165) is 17.7 Å². The van der Waals surface area contributed by atoms with Crippen molar-refractivity contribution in [2.45, 2.75) is 43.4 Å². The quantitative estimate of drug-likeness (QED) is 0.551. The van der Waals surface area contributed by atoms with Gasteiger partial charge in [0.25, 0.3) is 0 Å². The number of likely N-dealkylation sites (tertiary alicyclic amines) is 1. The fraction of sp³-hybridized carbons (Fsp3) is 0.391. The number of amides is 4. The van der Waals surface area contributed by atoms with Gasteiger partial charge in [0.1, 0.15) is 12.2 Å². The lowest BCUT2D eigenvalue weighted by Crippen LogP contribution is -2.50. The van der Waals surface area contributed by atoms with Crippen molar-refractivity contribution in [1.29, 1.82) is 0 Å². The smallest absolute Gasteiger partial charge is 0.312 e. The number of benzene rings is 1. The number of carbonyl (C=O) groups is 3. The number of nitrogens with one attached hydrogen (secondary N) is 2. The van der Waals surface area contributed by atoms with Gasteiger partial charge in [-0.25, -0.2) is 14.2 Å². The minimum atomic E-state index is -1.39. The number of rotatable bonds is 7. The summed E-state index contributed by atoms with van der Waals surface area (Å²) in [6.07, 6.45) is 0.286. The molecule has 2 heterocycles. The second-order valence-electron chi connectivity index (χ2n) is 8.36. The van der Waals surface area contributed by atoms with E-state index in [2.05, 4.69) is 15.6 Å². The van der Waals surface area contributed by atoms with Crippen LogP contribution in [0.15, 0.2) is 42.5 Å². The van der Waals surface area contributed by atoms with E-state index in [4.69, 9.17) is 5.73 Å². The number of hydrogen-bond acceptors (Lipinski definition) is 4. The van der Waals surface area contributed by atoms with Crippen molar-refractivity contribution in [3.8, 4) is 0 Å². The van der Waals surface area contributed by atoms with Crippen LogP contribution in [-0.4, -0.2) is 53.0 Å². The number of hydrogen-bond donors (Lipinski definition) is 3. The van der Waals surface area contributed by atoms with Crippen LogP contribution < -0.4 is 16.4 Å². The highest BCUT2D eigenvalue weighted by Gasteiger charge is 2.40. The van der Waals surface area contributed by atoms with Crippen LogP contribution >= 0.6 is 0 Å². The van der Waals surface area contributed by atoms with Crippen molar-refractivity contribution in [2.75, 3.05) is 13.1 Å². The molecular formula is C23H25F2N5O3. The third-order valence-electron chi connectivity index (χ3n) is 5.92. The van der Waals surface area contributed by atoms with Crippen LogP contribution in [0, 0.1) is 5.95 Å². The molecule has 2 aliphatic rings. The average Bonchev–Trinajstić information content (AvgIpc) is 3.56. The molecule has 2 fully saturated rings. The fourth-order valence-electron chi connectivity index (χ4n) is 4.10. The van der Waals surface area contributed by atoms with Crippen molar-refractivity contribution in [3.63, 3.8) is 0 Å². The molecule has 0 bridgehead atoms. The van der Waals surface area contributed by atoms with Gasteiger partial charge in [-0.1, -0.05) is 36.4 Å². The number of carbonyl (C=O) groups excluding carboxylic acids is 3. The summed E-state index contributed by atoms with van der Waals surface area (Å²) in [5, 5.41) is 4.97. The van der Waals surface area contributed by atoms with Crippen molar-refractivity contribution in [2.24, 2.45) is 5.73 Å².